The van der Waals surface area contributed by atoms with Crippen LogP contribution in [-0.4, -0.2) is 34.9 Å². The molecule has 0 saturated carbocycles. The van der Waals surface area contributed by atoms with Crippen molar-refractivity contribution in [3.63, 3.8) is 0 Å². The summed E-state index contributed by atoms with van der Waals surface area (Å²) in [5.41, 5.74) is 3.57. The number of esters is 1. The van der Waals surface area contributed by atoms with Gasteiger partial charge in [-0.2, -0.15) is 5.10 Å². The first kappa shape index (κ1) is 20.4. The van der Waals surface area contributed by atoms with E-state index in [-0.39, 0.29) is 23.7 Å². The second-order valence-corrected chi connectivity index (χ2v) is 7.24. The van der Waals surface area contributed by atoms with E-state index >= 15 is 0 Å². The lowest BCUT2D eigenvalue weighted by molar-refractivity contribution is -0.147. The highest BCUT2D eigenvalue weighted by molar-refractivity contribution is 7.22. The van der Waals surface area contributed by atoms with Crippen LogP contribution in [0.5, 0.6) is 5.75 Å². The van der Waals surface area contributed by atoms with E-state index in [1.165, 1.54) is 5.56 Å². The maximum absolute atomic E-state index is 12.1. The first-order valence-electron chi connectivity index (χ1n) is 9.18. The molecule has 0 amide bonds. The van der Waals surface area contributed by atoms with Crippen molar-refractivity contribution in [2.24, 2.45) is 11.0 Å². The Morgan fingerprint density at radius 1 is 1.42 bits per heavy atom. The molecule has 0 aromatic heterocycles. The number of hydrogen-bond acceptors (Lipinski definition) is 5. The molecule has 5 nitrogen and oxygen atoms in total. The zero-order valence-corrected chi connectivity index (χ0v) is 17.2. The largest absolute Gasteiger partial charge is 0.507 e. The van der Waals surface area contributed by atoms with Crippen LogP contribution in [0.4, 0.5) is 0 Å². The molecule has 1 aliphatic heterocycles. The summed E-state index contributed by atoms with van der Waals surface area (Å²) < 4.78 is 5.13. The number of benzene rings is 1. The highest BCUT2D eigenvalue weighted by Crippen LogP contribution is 2.32. The zero-order valence-electron chi connectivity index (χ0n) is 16.0. The Labute approximate surface area is 158 Å². The van der Waals surface area contributed by atoms with Gasteiger partial charge in [0.2, 0.25) is 0 Å². The molecule has 0 fully saturated rings. The van der Waals surface area contributed by atoms with Crippen molar-refractivity contribution in [3.8, 4) is 5.75 Å². The molecule has 26 heavy (non-hydrogen) atoms. The third-order valence-electron chi connectivity index (χ3n) is 4.61. The van der Waals surface area contributed by atoms with Gasteiger partial charge in [0.1, 0.15) is 5.75 Å². The minimum atomic E-state index is -0.342. The maximum atomic E-state index is 12.1. The topological polar surface area (TPSA) is 62.1 Å². The Bertz CT molecular complexity index is 715. The van der Waals surface area contributed by atoms with E-state index in [0.29, 0.717) is 12.2 Å². The SMILES string of the molecule is CCCCc1cc(C)c(O)c(/C=N/N2C(P)=CC(C(=O)OCC)C2C)c1. The van der Waals surface area contributed by atoms with Gasteiger partial charge in [-0.25, -0.2) is 0 Å². The lowest BCUT2D eigenvalue weighted by Crippen LogP contribution is -2.31. The van der Waals surface area contributed by atoms with Crippen molar-refractivity contribution in [3.05, 3.63) is 40.3 Å². The molecule has 1 aromatic carbocycles. The number of phenols is 1. The molecule has 1 aliphatic rings. The number of phenolic OH excluding ortho intramolecular Hbond substituents is 1. The van der Waals surface area contributed by atoms with Crippen LogP contribution in [0, 0.1) is 12.8 Å². The Kier molecular flexibility index (Phi) is 7.22. The van der Waals surface area contributed by atoms with E-state index in [1.807, 2.05) is 32.1 Å². The second kappa shape index (κ2) is 9.18. The summed E-state index contributed by atoms with van der Waals surface area (Å²) in [5.74, 6) is -0.333. The molecule has 142 valence electrons. The molecule has 1 heterocycles. The number of aryl methyl sites for hydroxylation is 2. The van der Waals surface area contributed by atoms with Crippen LogP contribution >= 0.6 is 9.24 Å². The van der Waals surface area contributed by atoms with Gasteiger partial charge in [-0.1, -0.05) is 28.7 Å². The van der Waals surface area contributed by atoms with E-state index in [2.05, 4.69) is 21.3 Å². The Balaban J connectivity index is 2.20. The number of nitrogens with zero attached hydrogens (tertiary/aromatic N) is 2. The molecule has 0 saturated heterocycles. The smallest absolute Gasteiger partial charge is 0.315 e. The van der Waals surface area contributed by atoms with Crippen LogP contribution in [-0.2, 0) is 16.0 Å². The Morgan fingerprint density at radius 2 is 2.15 bits per heavy atom. The molecule has 1 aromatic rings. The zero-order chi connectivity index (χ0) is 19.3. The lowest BCUT2D eigenvalue weighted by atomic mass is 10.0. The van der Waals surface area contributed by atoms with Gasteiger partial charge < -0.3 is 9.84 Å². The third-order valence-corrected chi connectivity index (χ3v) is 5.07. The van der Waals surface area contributed by atoms with E-state index in [9.17, 15) is 9.90 Å². The number of hydrazone groups is 1. The molecule has 1 N–H and O–H groups in total. The number of carbonyl (C=O) groups excluding carboxylic acids is 1. The average molecular weight is 376 g/mol. The van der Waals surface area contributed by atoms with Crippen molar-refractivity contribution in [1.82, 2.24) is 5.01 Å². The summed E-state index contributed by atoms with van der Waals surface area (Å²) in [5, 5.41) is 16.7. The van der Waals surface area contributed by atoms with E-state index < -0.39 is 0 Å². The first-order valence-corrected chi connectivity index (χ1v) is 9.76. The predicted molar refractivity (Wildman–Crippen MR) is 108 cm³/mol. The number of aromatic hydroxyl groups is 1. The van der Waals surface area contributed by atoms with Crippen LogP contribution in [0.25, 0.3) is 0 Å². The van der Waals surface area contributed by atoms with Crippen molar-refractivity contribution in [1.29, 1.82) is 0 Å². The van der Waals surface area contributed by atoms with Gasteiger partial charge in [0.15, 0.2) is 0 Å². The predicted octanol–water partition coefficient (Wildman–Crippen LogP) is 3.98. The Morgan fingerprint density at radius 3 is 2.81 bits per heavy atom. The van der Waals surface area contributed by atoms with E-state index in [1.54, 1.807) is 18.1 Å². The van der Waals surface area contributed by atoms with Gasteiger partial charge in [-0.3, -0.25) is 9.80 Å². The molecule has 0 bridgehead atoms. The number of unbranched alkanes of at least 4 members (excludes halogenated alkanes) is 1. The lowest BCUT2D eigenvalue weighted by Gasteiger charge is -2.22. The highest BCUT2D eigenvalue weighted by atomic mass is 31.0. The van der Waals surface area contributed by atoms with Crippen molar-refractivity contribution in [2.45, 2.75) is 53.0 Å². The molecule has 0 aliphatic carbocycles. The van der Waals surface area contributed by atoms with Crippen LogP contribution in [0.1, 0.15) is 50.3 Å². The number of hydrogen-bond donors (Lipinski definition) is 1. The molecule has 2 rings (SSSR count). The summed E-state index contributed by atoms with van der Waals surface area (Å²) in [6, 6.07) is 3.87. The number of carbonyl (C=O) groups is 1. The number of ether oxygens (including phenoxy) is 1. The molecule has 3 atom stereocenters. The minimum Gasteiger partial charge on any atom is -0.507 e. The van der Waals surface area contributed by atoms with Crippen molar-refractivity contribution >= 4 is 21.4 Å². The normalized spacial score (nSPS) is 19.9. The van der Waals surface area contributed by atoms with E-state index in [4.69, 9.17) is 4.74 Å². The van der Waals surface area contributed by atoms with Gasteiger partial charge in [0.25, 0.3) is 0 Å². The fraction of sp³-hybridized carbons (Fsp3) is 0.500. The van der Waals surface area contributed by atoms with E-state index in [0.717, 1.165) is 30.3 Å². The Hall–Kier alpha value is -1.87. The van der Waals surface area contributed by atoms with Crippen molar-refractivity contribution in [2.75, 3.05) is 6.61 Å². The molecule has 3 unspecified atom stereocenters. The molecular weight excluding hydrogens is 347 g/mol. The summed E-state index contributed by atoms with van der Waals surface area (Å²) in [6.07, 6.45) is 6.75. The second-order valence-electron chi connectivity index (χ2n) is 6.65. The monoisotopic (exact) mass is 376 g/mol. The molecule has 6 heteroatoms. The number of rotatable bonds is 7. The van der Waals surface area contributed by atoms with Crippen LogP contribution < -0.4 is 0 Å². The van der Waals surface area contributed by atoms with Gasteiger partial charge in [-0.15, -0.1) is 0 Å². The first-order chi connectivity index (χ1) is 12.4. The quantitative estimate of drug-likeness (QED) is 0.444. The van der Waals surface area contributed by atoms with Gasteiger partial charge in [-0.05, 0) is 56.9 Å². The van der Waals surface area contributed by atoms with Gasteiger partial charge in [0, 0.05) is 5.56 Å². The van der Waals surface area contributed by atoms with Crippen LogP contribution in [0.2, 0.25) is 0 Å². The van der Waals surface area contributed by atoms with Crippen molar-refractivity contribution < 1.29 is 14.6 Å². The van der Waals surface area contributed by atoms with Crippen LogP contribution in [0.15, 0.2) is 28.7 Å². The standard InChI is InChI=1S/C20H29N2O3P/c1-5-7-8-15-9-13(3)19(23)16(10-15)12-21-22-14(4)17(11-18(22)26)20(24)25-6-2/h9-12,14,17,23H,5-8,26H2,1-4H3/b21-12+. The van der Waals surface area contributed by atoms with Gasteiger partial charge in [0.05, 0.1) is 30.2 Å². The van der Waals surface area contributed by atoms with Crippen LogP contribution in [0.3, 0.4) is 0 Å². The maximum Gasteiger partial charge on any atom is 0.315 e. The summed E-state index contributed by atoms with van der Waals surface area (Å²) >= 11 is 0. The highest BCUT2D eigenvalue weighted by Gasteiger charge is 2.35. The fourth-order valence-corrected chi connectivity index (χ4v) is 3.60. The fourth-order valence-electron chi connectivity index (χ4n) is 3.09. The molecular formula is C20H29N2O3P. The molecule has 0 radical (unpaired) electrons. The minimum absolute atomic E-state index is 0.135. The molecule has 0 spiro atoms. The third kappa shape index (κ3) is 4.64. The summed E-state index contributed by atoms with van der Waals surface area (Å²) in [4.78, 5) is 12.1. The average Bonchev–Trinajstić information content (AvgIpc) is 2.89. The summed E-state index contributed by atoms with van der Waals surface area (Å²) in [7, 11) is 2.61. The summed E-state index contributed by atoms with van der Waals surface area (Å²) in [6.45, 7) is 8.17. The van der Waals surface area contributed by atoms with Gasteiger partial charge >= 0.3 is 5.97 Å².